The molecule has 0 fully saturated rings. The number of methoxy groups -OCH3 is 1. The van der Waals surface area contributed by atoms with Crippen molar-refractivity contribution in [3.8, 4) is 5.75 Å². The van der Waals surface area contributed by atoms with E-state index in [0.717, 1.165) is 21.7 Å². The molecule has 3 rings (SSSR count). The van der Waals surface area contributed by atoms with E-state index in [1.54, 1.807) is 18.2 Å². The van der Waals surface area contributed by atoms with Gasteiger partial charge in [0.2, 0.25) is 0 Å². The smallest absolute Gasteiger partial charge is 0.255 e. The molecule has 1 aliphatic heterocycles. The van der Waals surface area contributed by atoms with E-state index >= 15 is 0 Å². The van der Waals surface area contributed by atoms with Crippen LogP contribution in [0.4, 0.5) is 0 Å². The van der Waals surface area contributed by atoms with Gasteiger partial charge in [-0.25, -0.2) is 4.99 Å². The highest BCUT2D eigenvalue weighted by atomic mass is 35.5. The Balaban J connectivity index is 1.72. The molecule has 0 aliphatic carbocycles. The Bertz CT molecular complexity index is 1030. The first-order valence-electron chi connectivity index (χ1n) is 8.73. The predicted octanol–water partition coefficient (Wildman–Crippen LogP) is 2.34. The lowest BCUT2D eigenvalue weighted by Crippen LogP contribution is -2.38. The third-order valence-electron chi connectivity index (χ3n) is 4.69. The molecule has 2 aromatic carbocycles. The number of amides is 2. The lowest BCUT2D eigenvalue weighted by molar-refractivity contribution is -0.120. The van der Waals surface area contributed by atoms with E-state index in [4.69, 9.17) is 16.3 Å². The lowest BCUT2D eigenvalue weighted by atomic mass is 9.97. The van der Waals surface area contributed by atoms with Gasteiger partial charge in [0.15, 0.2) is 0 Å². The summed E-state index contributed by atoms with van der Waals surface area (Å²) in [4.78, 5) is 29.1. The molecule has 140 valence electrons. The summed E-state index contributed by atoms with van der Waals surface area (Å²) in [7, 11) is 1.50. The molecule has 2 amide bonds. The summed E-state index contributed by atoms with van der Waals surface area (Å²) in [6.07, 6.45) is 2.43. The van der Waals surface area contributed by atoms with E-state index in [1.165, 1.54) is 7.11 Å². The van der Waals surface area contributed by atoms with Crippen molar-refractivity contribution in [1.29, 1.82) is 0 Å². The number of carbonyl (C=O) groups is 2. The molecule has 1 N–H and O–H groups in total. The Morgan fingerprint density at radius 3 is 2.70 bits per heavy atom. The van der Waals surface area contributed by atoms with Crippen LogP contribution >= 0.6 is 11.6 Å². The molecular weight excluding hydrogens is 364 g/mol. The number of aryl methyl sites for hydroxylation is 2. The first-order valence-corrected chi connectivity index (χ1v) is 9.11. The third kappa shape index (κ3) is 4.03. The van der Waals surface area contributed by atoms with Gasteiger partial charge < -0.3 is 10.1 Å². The van der Waals surface area contributed by atoms with Crippen LogP contribution in [0.25, 0.3) is 6.08 Å². The van der Waals surface area contributed by atoms with Gasteiger partial charge in [0.05, 0.1) is 23.9 Å². The van der Waals surface area contributed by atoms with Crippen molar-refractivity contribution in [2.45, 2.75) is 20.3 Å². The van der Waals surface area contributed by atoms with Crippen LogP contribution in [-0.2, 0) is 4.79 Å². The fraction of sp³-hybridized carbons (Fsp3) is 0.286. The summed E-state index contributed by atoms with van der Waals surface area (Å²) in [6.45, 7) is 4.29. The molecule has 0 radical (unpaired) electrons. The fourth-order valence-corrected chi connectivity index (χ4v) is 3.32. The number of benzene rings is 2. The van der Waals surface area contributed by atoms with Crippen molar-refractivity contribution in [2.24, 2.45) is 10.9 Å². The van der Waals surface area contributed by atoms with Crippen molar-refractivity contribution in [3.05, 3.63) is 62.6 Å². The molecule has 1 heterocycles. The molecule has 1 aliphatic rings. The summed E-state index contributed by atoms with van der Waals surface area (Å²) < 4.78 is 5.20. The van der Waals surface area contributed by atoms with E-state index < -0.39 is 0 Å². The van der Waals surface area contributed by atoms with Crippen LogP contribution < -0.4 is 20.6 Å². The van der Waals surface area contributed by atoms with E-state index in [1.807, 2.05) is 32.1 Å². The largest absolute Gasteiger partial charge is 0.496 e. The molecule has 0 bridgehead atoms. The SMILES string of the molecule is COc1ccc(Cl)cc1C(=O)NCCC1C=c2c(C)ccc(C)c2=NC1=O. The average molecular weight is 385 g/mol. The molecule has 1 unspecified atom stereocenters. The van der Waals surface area contributed by atoms with E-state index in [0.29, 0.717) is 29.3 Å². The summed E-state index contributed by atoms with van der Waals surface area (Å²) in [6, 6.07) is 8.87. The van der Waals surface area contributed by atoms with Crippen molar-refractivity contribution in [1.82, 2.24) is 5.32 Å². The molecule has 1 atom stereocenters. The average Bonchev–Trinajstić information content (AvgIpc) is 2.65. The summed E-state index contributed by atoms with van der Waals surface area (Å²) >= 11 is 5.97. The van der Waals surface area contributed by atoms with E-state index in [9.17, 15) is 9.59 Å². The van der Waals surface area contributed by atoms with Crippen molar-refractivity contribution in [2.75, 3.05) is 13.7 Å². The Hall–Kier alpha value is -2.66. The number of carbonyl (C=O) groups excluding carboxylic acids is 2. The minimum Gasteiger partial charge on any atom is -0.496 e. The van der Waals surface area contributed by atoms with Gasteiger partial charge in [-0.2, -0.15) is 0 Å². The Morgan fingerprint density at radius 2 is 1.96 bits per heavy atom. The van der Waals surface area contributed by atoms with Crippen LogP contribution in [0.3, 0.4) is 0 Å². The zero-order valence-corrected chi connectivity index (χ0v) is 16.3. The minimum absolute atomic E-state index is 0.175. The van der Waals surface area contributed by atoms with E-state index in [-0.39, 0.29) is 17.7 Å². The number of hydrogen-bond acceptors (Lipinski definition) is 3. The molecule has 6 heteroatoms. The van der Waals surface area contributed by atoms with Crippen LogP contribution in [0.1, 0.15) is 27.9 Å². The monoisotopic (exact) mass is 384 g/mol. The van der Waals surface area contributed by atoms with Gasteiger partial charge >= 0.3 is 0 Å². The number of rotatable bonds is 5. The van der Waals surface area contributed by atoms with Crippen LogP contribution in [0.5, 0.6) is 5.75 Å². The molecule has 27 heavy (non-hydrogen) atoms. The zero-order chi connectivity index (χ0) is 19.6. The second-order valence-electron chi connectivity index (χ2n) is 6.57. The Morgan fingerprint density at radius 1 is 1.22 bits per heavy atom. The fourth-order valence-electron chi connectivity index (χ4n) is 3.14. The van der Waals surface area contributed by atoms with Crippen molar-refractivity contribution >= 4 is 29.5 Å². The maximum Gasteiger partial charge on any atom is 0.255 e. The second kappa shape index (κ2) is 7.92. The molecule has 5 nitrogen and oxygen atoms in total. The number of nitrogens with one attached hydrogen (secondary N) is 1. The number of nitrogens with zero attached hydrogens (tertiary/aromatic N) is 1. The molecule has 0 spiro atoms. The summed E-state index contributed by atoms with van der Waals surface area (Å²) in [5.74, 6) is -0.362. The number of fused-ring (bicyclic) bond motifs is 1. The van der Waals surface area contributed by atoms with Gasteiger partial charge in [0, 0.05) is 16.8 Å². The van der Waals surface area contributed by atoms with Crippen molar-refractivity contribution in [3.63, 3.8) is 0 Å². The topological polar surface area (TPSA) is 67.8 Å². The Labute approximate surface area is 162 Å². The van der Waals surface area contributed by atoms with Gasteiger partial charge in [-0.05, 0) is 49.6 Å². The lowest BCUT2D eigenvalue weighted by Gasteiger charge is -2.15. The molecular formula is C21H21ClN2O3. The van der Waals surface area contributed by atoms with Crippen LogP contribution in [-0.4, -0.2) is 25.5 Å². The number of ether oxygens (including phenoxy) is 1. The van der Waals surface area contributed by atoms with Gasteiger partial charge in [0.1, 0.15) is 5.75 Å². The number of hydrogen-bond donors (Lipinski definition) is 1. The zero-order valence-electron chi connectivity index (χ0n) is 15.5. The standard InChI is InChI=1S/C21H21ClN2O3/c1-12-4-5-13(2)19-16(12)10-14(20(25)24-19)8-9-23-21(26)17-11-15(22)6-7-18(17)27-3/h4-7,10-11,14H,8-9H2,1-3H3,(H,23,26). The maximum atomic E-state index is 12.4. The second-order valence-corrected chi connectivity index (χ2v) is 7.01. The number of halogens is 1. The third-order valence-corrected chi connectivity index (χ3v) is 4.93. The molecule has 0 aromatic heterocycles. The highest BCUT2D eigenvalue weighted by Gasteiger charge is 2.20. The summed E-state index contributed by atoms with van der Waals surface area (Å²) in [5, 5.41) is 5.04. The molecule has 0 saturated heterocycles. The van der Waals surface area contributed by atoms with Gasteiger partial charge in [-0.15, -0.1) is 0 Å². The van der Waals surface area contributed by atoms with Crippen molar-refractivity contribution < 1.29 is 14.3 Å². The first kappa shape index (κ1) is 19.1. The van der Waals surface area contributed by atoms with Gasteiger partial charge in [0.25, 0.3) is 11.8 Å². The maximum absolute atomic E-state index is 12.4. The molecule has 2 aromatic rings. The molecule has 0 saturated carbocycles. The van der Waals surface area contributed by atoms with Crippen LogP contribution in [0.15, 0.2) is 35.3 Å². The normalized spacial score (nSPS) is 15.4. The van der Waals surface area contributed by atoms with Gasteiger partial charge in [-0.1, -0.05) is 29.8 Å². The van der Waals surface area contributed by atoms with Crippen LogP contribution in [0, 0.1) is 19.8 Å². The quantitative estimate of drug-likeness (QED) is 0.860. The van der Waals surface area contributed by atoms with Crippen LogP contribution in [0.2, 0.25) is 5.02 Å². The first-order chi connectivity index (χ1) is 12.9. The Kier molecular flexibility index (Phi) is 5.61. The highest BCUT2D eigenvalue weighted by molar-refractivity contribution is 6.31. The van der Waals surface area contributed by atoms with E-state index in [2.05, 4.69) is 10.3 Å². The highest BCUT2D eigenvalue weighted by Crippen LogP contribution is 2.22. The van der Waals surface area contributed by atoms with Gasteiger partial charge in [-0.3, -0.25) is 9.59 Å². The summed E-state index contributed by atoms with van der Waals surface area (Å²) in [5.41, 5.74) is 2.44. The minimum atomic E-state index is -0.348. The predicted molar refractivity (Wildman–Crippen MR) is 105 cm³/mol.